The van der Waals surface area contributed by atoms with Crippen molar-refractivity contribution in [3.63, 3.8) is 0 Å². The lowest BCUT2D eigenvalue weighted by Gasteiger charge is -2.18. The van der Waals surface area contributed by atoms with Crippen LogP contribution in [0.2, 0.25) is 0 Å². The number of methoxy groups -OCH3 is 3. The smallest absolute Gasteiger partial charge is 0.128 e. The summed E-state index contributed by atoms with van der Waals surface area (Å²) in [6.07, 6.45) is -0.827. The lowest BCUT2D eigenvalue weighted by Crippen LogP contribution is -2.05. The van der Waals surface area contributed by atoms with E-state index in [1.165, 1.54) is 0 Å². The highest BCUT2D eigenvalue weighted by Gasteiger charge is 2.20. The van der Waals surface area contributed by atoms with Crippen LogP contribution in [0, 0.1) is 0 Å². The first-order chi connectivity index (χ1) is 9.71. The average Bonchev–Trinajstić information content (AvgIpc) is 2.53. The van der Waals surface area contributed by atoms with Crippen LogP contribution in [0.4, 0.5) is 0 Å². The maximum absolute atomic E-state index is 10.6. The van der Waals surface area contributed by atoms with Crippen LogP contribution in [0.25, 0.3) is 0 Å². The Morgan fingerprint density at radius 1 is 0.800 bits per heavy atom. The van der Waals surface area contributed by atoms with Crippen LogP contribution >= 0.6 is 0 Å². The molecule has 0 radical (unpaired) electrons. The van der Waals surface area contributed by atoms with Gasteiger partial charge in [-0.1, -0.05) is 18.2 Å². The van der Waals surface area contributed by atoms with Crippen LogP contribution in [0.5, 0.6) is 17.2 Å². The number of aliphatic hydroxyl groups is 1. The Bertz CT molecular complexity index is 541. The fourth-order valence-corrected chi connectivity index (χ4v) is 2.10. The molecule has 0 spiro atoms. The zero-order chi connectivity index (χ0) is 14.5. The van der Waals surface area contributed by atoms with E-state index in [1.807, 2.05) is 18.2 Å². The van der Waals surface area contributed by atoms with Crippen LogP contribution in [0.15, 0.2) is 42.5 Å². The molecule has 0 saturated heterocycles. The molecule has 1 atom stereocenters. The monoisotopic (exact) mass is 274 g/mol. The molecule has 4 heteroatoms. The Labute approximate surface area is 118 Å². The van der Waals surface area contributed by atoms with E-state index >= 15 is 0 Å². The van der Waals surface area contributed by atoms with E-state index in [9.17, 15) is 5.11 Å². The second-order valence-electron chi connectivity index (χ2n) is 4.25. The SMILES string of the molecule is COc1ccc(C(O)c2c(OC)cccc2OC)cc1. The van der Waals surface area contributed by atoms with Crippen LogP contribution < -0.4 is 14.2 Å². The number of benzene rings is 2. The van der Waals surface area contributed by atoms with Gasteiger partial charge in [-0.2, -0.15) is 0 Å². The molecule has 1 N–H and O–H groups in total. The molecule has 0 aliphatic carbocycles. The largest absolute Gasteiger partial charge is 0.497 e. The third-order valence-electron chi connectivity index (χ3n) is 3.17. The molecule has 2 aromatic carbocycles. The quantitative estimate of drug-likeness (QED) is 0.910. The Morgan fingerprint density at radius 2 is 1.35 bits per heavy atom. The van der Waals surface area contributed by atoms with Crippen molar-refractivity contribution in [3.8, 4) is 17.2 Å². The van der Waals surface area contributed by atoms with E-state index < -0.39 is 6.10 Å². The van der Waals surface area contributed by atoms with Crippen molar-refractivity contribution in [1.82, 2.24) is 0 Å². The van der Waals surface area contributed by atoms with Gasteiger partial charge in [0.05, 0.1) is 26.9 Å². The van der Waals surface area contributed by atoms with Gasteiger partial charge in [-0.3, -0.25) is 0 Å². The topological polar surface area (TPSA) is 47.9 Å². The summed E-state index contributed by atoms with van der Waals surface area (Å²) in [5, 5.41) is 10.6. The van der Waals surface area contributed by atoms with Crippen molar-refractivity contribution in [2.24, 2.45) is 0 Å². The molecule has 0 fully saturated rings. The van der Waals surface area contributed by atoms with Gasteiger partial charge in [-0.05, 0) is 29.8 Å². The maximum Gasteiger partial charge on any atom is 0.128 e. The van der Waals surface area contributed by atoms with E-state index in [4.69, 9.17) is 14.2 Å². The Balaban J connectivity index is 2.43. The normalized spacial score (nSPS) is 11.8. The van der Waals surface area contributed by atoms with Gasteiger partial charge >= 0.3 is 0 Å². The summed E-state index contributed by atoms with van der Waals surface area (Å²) in [5.41, 5.74) is 1.36. The van der Waals surface area contributed by atoms with E-state index in [-0.39, 0.29) is 0 Å². The number of hydrogen-bond acceptors (Lipinski definition) is 4. The van der Waals surface area contributed by atoms with Crippen LogP contribution in [0.1, 0.15) is 17.2 Å². The molecule has 0 bridgehead atoms. The van der Waals surface area contributed by atoms with Crippen LogP contribution in [-0.2, 0) is 0 Å². The third kappa shape index (κ3) is 2.70. The number of hydrogen-bond donors (Lipinski definition) is 1. The zero-order valence-electron chi connectivity index (χ0n) is 11.8. The highest BCUT2D eigenvalue weighted by Crippen LogP contribution is 2.37. The summed E-state index contributed by atoms with van der Waals surface area (Å²) in [6.45, 7) is 0. The first kappa shape index (κ1) is 14.2. The van der Waals surface area contributed by atoms with E-state index in [0.717, 1.165) is 11.3 Å². The zero-order valence-corrected chi connectivity index (χ0v) is 11.8. The molecule has 1 unspecified atom stereocenters. The minimum absolute atomic E-state index is 0.590. The molecule has 106 valence electrons. The Kier molecular flexibility index (Phi) is 4.48. The van der Waals surface area contributed by atoms with E-state index in [1.54, 1.807) is 45.6 Å². The molecule has 20 heavy (non-hydrogen) atoms. The molecule has 0 aliphatic rings. The van der Waals surface area contributed by atoms with Gasteiger partial charge in [-0.25, -0.2) is 0 Å². The second kappa shape index (κ2) is 6.30. The standard InChI is InChI=1S/C16H18O4/c1-18-12-9-7-11(8-10-12)16(17)15-13(19-2)5-4-6-14(15)20-3/h4-10,16-17H,1-3H3. The molecule has 2 rings (SSSR count). The Hall–Kier alpha value is -2.20. The second-order valence-corrected chi connectivity index (χ2v) is 4.25. The predicted molar refractivity (Wildman–Crippen MR) is 76.6 cm³/mol. The third-order valence-corrected chi connectivity index (χ3v) is 3.17. The van der Waals surface area contributed by atoms with Gasteiger partial charge < -0.3 is 19.3 Å². The fourth-order valence-electron chi connectivity index (χ4n) is 2.10. The van der Waals surface area contributed by atoms with Crippen molar-refractivity contribution in [2.75, 3.05) is 21.3 Å². The highest BCUT2D eigenvalue weighted by atomic mass is 16.5. The van der Waals surface area contributed by atoms with Crippen LogP contribution in [0.3, 0.4) is 0 Å². The van der Waals surface area contributed by atoms with Crippen molar-refractivity contribution in [3.05, 3.63) is 53.6 Å². The molecule has 0 aromatic heterocycles. The number of aliphatic hydroxyl groups excluding tert-OH is 1. The molecule has 0 amide bonds. The minimum atomic E-state index is -0.827. The fraction of sp³-hybridized carbons (Fsp3) is 0.250. The van der Waals surface area contributed by atoms with Gasteiger partial charge in [0.2, 0.25) is 0 Å². The van der Waals surface area contributed by atoms with Gasteiger partial charge in [0.1, 0.15) is 23.4 Å². The van der Waals surface area contributed by atoms with Gasteiger partial charge in [0.25, 0.3) is 0 Å². The summed E-state index contributed by atoms with van der Waals surface area (Å²) >= 11 is 0. The molecule has 0 aliphatic heterocycles. The molecular formula is C16H18O4. The predicted octanol–water partition coefficient (Wildman–Crippen LogP) is 2.79. The highest BCUT2D eigenvalue weighted by molar-refractivity contribution is 5.49. The molecule has 4 nitrogen and oxygen atoms in total. The lowest BCUT2D eigenvalue weighted by molar-refractivity contribution is 0.208. The van der Waals surface area contributed by atoms with Crippen molar-refractivity contribution < 1.29 is 19.3 Å². The summed E-state index contributed by atoms with van der Waals surface area (Å²) in [4.78, 5) is 0. The summed E-state index contributed by atoms with van der Waals surface area (Å²) in [5.74, 6) is 1.92. The van der Waals surface area contributed by atoms with Crippen molar-refractivity contribution >= 4 is 0 Å². The summed E-state index contributed by atoms with van der Waals surface area (Å²) in [6, 6.07) is 12.7. The number of rotatable bonds is 5. The summed E-state index contributed by atoms with van der Waals surface area (Å²) in [7, 11) is 4.74. The van der Waals surface area contributed by atoms with Gasteiger partial charge in [0, 0.05) is 0 Å². The molecule has 2 aromatic rings. The van der Waals surface area contributed by atoms with E-state index in [2.05, 4.69) is 0 Å². The summed E-state index contributed by atoms with van der Waals surface area (Å²) < 4.78 is 15.7. The molecular weight excluding hydrogens is 256 g/mol. The van der Waals surface area contributed by atoms with Crippen molar-refractivity contribution in [2.45, 2.75) is 6.10 Å². The maximum atomic E-state index is 10.6. The van der Waals surface area contributed by atoms with Crippen molar-refractivity contribution in [1.29, 1.82) is 0 Å². The first-order valence-electron chi connectivity index (χ1n) is 6.24. The minimum Gasteiger partial charge on any atom is -0.497 e. The first-order valence-corrected chi connectivity index (χ1v) is 6.24. The van der Waals surface area contributed by atoms with Crippen LogP contribution in [-0.4, -0.2) is 26.4 Å². The number of ether oxygens (including phenoxy) is 3. The molecule has 0 heterocycles. The average molecular weight is 274 g/mol. The van der Waals surface area contributed by atoms with Gasteiger partial charge in [0.15, 0.2) is 0 Å². The molecule has 0 saturated carbocycles. The van der Waals surface area contributed by atoms with E-state index in [0.29, 0.717) is 17.1 Å². The van der Waals surface area contributed by atoms with Gasteiger partial charge in [-0.15, -0.1) is 0 Å². The Morgan fingerprint density at radius 3 is 1.80 bits per heavy atom. The lowest BCUT2D eigenvalue weighted by atomic mass is 9.99.